The summed E-state index contributed by atoms with van der Waals surface area (Å²) in [7, 11) is 0. The standard InChI is InChI=1S/C14H12O3S/c1-2-17-14(16)12-6-4-3-5-11(12)13(15)10-7-8-18-9-10/h3-9H,2H2,1H3. The van der Waals surface area contributed by atoms with Crippen molar-refractivity contribution in [2.24, 2.45) is 0 Å². The zero-order valence-electron chi connectivity index (χ0n) is 9.88. The number of carbonyl (C=O) groups excluding carboxylic acids is 2. The summed E-state index contributed by atoms with van der Waals surface area (Å²) in [5.41, 5.74) is 1.29. The van der Waals surface area contributed by atoms with Crippen LogP contribution in [0.3, 0.4) is 0 Å². The Kier molecular flexibility index (Phi) is 3.89. The first-order valence-electron chi connectivity index (χ1n) is 5.57. The number of hydrogen-bond acceptors (Lipinski definition) is 4. The van der Waals surface area contributed by atoms with Gasteiger partial charge in [-0.3, -0.25) is 4.79 Å². The van der Waals surface area contributed by atoms with Gasteiger partial charge in [0.1, 0.15) is 0 Å². The van der Waals surface area contributed by atoms with Crippen molar-refractivity contribution >= 4 is 23.1 Å². The lowest BCUT2D eigenvalue weighted by Gasteiger charge is -2.06. The number of ketones is 1. The second-order valence-corrected chi connectivity index (χ2v) is 4.39. The van der Waals surface area contributed by atoms with Crippen LogP contribution >= 0.6 is 11.3 Å². The van der Waals surface area contributed by atoms with Gasteiger partial charge in [-0.2, -0.15) is 11.3 Å². The molecule has 0 radical (unpaired) electrons. The molecule has 92 valence electrons. The first-order valence-corrected chi connectivity index (χ1v) is 6.51. The Hall–Kier alpha value is -1.94. The molecule has 0 spiro atoms. The van der Waals surface area contributed by atoms with Crippen LogP contribution in [0.1, 0.15) is 33.2 Å². The average Bonchev–Trinajstić information content (AvgIpc) is 2.92. The molecule has 0 N–H and O–H groups in total. The van der Waals surface area contributed by atoms with E-state index in [2.05, 4.69) is 0 Å². The fraction of sp³-hybridized carbons (Fsp3) is 0.143. The van der Waals surface area contributed by atoms with Gasteiger partial charge in [0, 0.05) is 16.5 Å². The van der Waals surface area contributed by atoms with Gasteiger partial charge >= 0.3 is 5.97 Å². The summed E-state index contributed by atoms with van der Waals surface area (Å²) in [5.74, 6) is -0.614. The van der Waals surface area contributed by atoms with E-state index in [1.165, 1.54) is 11.3 Å². The van der Waals surface area contributed by atoms with Crippen molar-refractivity contribution in [3.63, 3.8) is 0 Å². The van der Waals surface area contributed by atoms with E-state index in [1.807, 2.05) is 5.38 Å². The smallest absolute Gasteiger partial charge is 0.338 e. The molecule has 2 aromatic rings. The van der Waals surface area contributed by atoms with Gasteiger partial charge in [0.25, 0.3) is 0 Å². The van der Waals surface area contributed by atoms with Gasteiger partial charge < -0.3 is 4.74 Å². The Morgan fingerprint density at radius 1 is 1.17 bits per heavy atom. The van der Waals surface area contributed by atoms with Crippen LogP contribution in [0.25, 0.3) is 0 Å². The molecule has 1 aromatic carbocycles. The maximum Gasteiger partial charge on any atom is 0.338 e. The van der Waals surface area contributed by atoms with Crippen molar-refractivity contribution in [3.05, 3.63) is 57.8 Å². The van der Waals surface area contributed by atoms with Crippen LogP contribution in [0.5, 0.6) is 0 Å². The number of esters is 1. The zero-order chi connectivity index (χ0) is 13.0. The number of hydrogen-bond donors (Lipinski definition) is 0. The third-order valence-corrected chi connectivity index (χ3v) is 3.13. The van der Waals surface area contributed by atoms with Crippen molar-refractivity contribution in [2.45, 2.75) is 6.92 Å². The average molecular weight is 260 g/mol. The van der Waals surface area contributed by atoms with E-state index >= 15 is 0 Å². The molecule has 18 heavy (non-hydrogen) atoms. The van der Waals surface area contributed by atoms with Crippen molar-refractivity contribution in [1.29, 1.82) is 0 Å². The fourth-order valence-corrected chi connectivity index (χ4v) is 2.25. The van der Waals surface area contributed by atoms with Crippen molar-refractivity contribution in [1.82, 2.24) is 0 Å². The number of thiophene rings is 1. The van der Waals surface area contributed by atoms with E-state index in [-0.39, 0.29) is 5.78 Å². The maximum atomic E-state index is 12.2. The van der Waals surface area contributed by atoms with Crippen LogP contribution in [-0.2, 0) is 4.74 Å². The molecule has 0 aliphatic carbocycles. The second-order valence-electron chi connectivity index (χ2n) is 3.61. The van der Waals surface area contributed by atoms with Gasteiger partial charge in [-0.25, -0.2) is 4.79 Å². The molecule has 0 saturated heterocycles. The highest BCUT2D eigenvalue weighted by atomic mass is 32.1. The SMILES string of the molecule is CCOC(=O)c1ccccc1C(=O)c1ccsc1. The maximum absolute atomic E-state index is 12.2. The Balaban J connectivity index is 2.39. The molecular weight excluding hydrogens is 248 g/mol. The topological polar surface area (TPSA) is 43.4 Å². The van der Waals surface area contributed by atoms with E-state index in [0.717, 1.165) is 0 Å². The summed E-state index contributed by atoms with van der Waals surface area (Å²) in [6.45, 7) is 2.03. The largest absolute Gasteiger partial charge is 0.462 e. The van der Waals surface area contributed by atoms with E-state index in [0.29, 0.717) is 23.3 Å². The van der Waals surface area contributed by atoms with E-state index < -0.39 is 5.97 Å². The number of carbonyl (C=O) groups is 2. The molecule has 0 atom stereocenters. The second kappa shape index (κ2) is 5.60. The number of rotatable bonds is 4. The predicted molar refractivity (Wildman–Crippen MR) is 70.2 cm³/mol. The van der Waals surface area contributed by atoms with Crippen molar-refractivity contribution in [3.8, 4) is 0 Å². The lowest BCUT2D eigenvalue weighted by atomic mass is 10.0. The van der Waals surface area contributed by atoms with Gasteiger partial charge in [0.05, 0.1) is 12.2 Å². The Labute approximate surface area is 109 Å². The third-order valence-electron chi connectivity index (χ3n) is 2.45. The van der Waals surface area contributed by atoms with Crippen LogP contribution in [0.2, 0.25) is 0 Å². The minimum absolute atomic E-state index is 0.153. The lowest BCUT2D eigenvalue weighted by Crippen LogP contribution is -2.12. The summed E-state index contributed by atoms with van der Waals surface area (Å²) in [6.07, 6.45) is 0. The Bertz CT molecular complexity index is 558. The molecule has 3 nitrogen and oxygen atoms in total. The van der Waals surface area contributed by atoms with Crippen LogP contribution < -0.4 is 0 Å². The van der Waals surface area contributed by atoms with Crippen LogP contribution in [-0.4, -0.2) is 18.4 Å². The van der Waals surface area contributed by atoms with Crippen LogP contribution in [0, 0.1) is 0 Å². The third kappa shape index (κ3) is 2.49. The summed E-state index contributed by atoms with van der Waals surface area (Å²) >= 11 is 1.45. The highest BCUT2D eigenvalue weighted by molar-refractivity contribution is 7.08. The molecule has 4 heteroatoms. The Morgan fingerprint density at radius 3 is 2.50 bits per heavy atom. The molecular formula is C14H12O3S. The predicted octanol–water partition coefficient (Wildman–Crippen LogP) is 3.16. The van der Waals surface area contributed by atoms with Crippen LogP contribution in [0.4, 0.5) is 0 Å². The van der Waals surface area contributed by atoms with E-state index in [1.54, 1.807) is 42.6 Å². The molecule has 0 aliphatic heterocycles. The van der Waals surface area contributed by atoms with E-state index in [4.69, 9.17) is 4.74 Å². The molecule has 0 aliphatic rings. The minimum atomic E-state index is -0.461. The zero-order valence-corrected chi connectivity index (χ0v) is 10.7. The summed E-state index contributed by atoms with van der Waals surface area (Å²) < 4.78 is 4.95. The van der Waals surface area contributed by atoms with Crippen molar-refractivity contribution in [2.75, 3.05) is 6.61 Å². The number of ether oxygens (including phenoxy) is 1. The lowest BCUT2D eigenvalue weighted by molar-refractivity contribution is 0.0523. The molecule has 0 saturated carbocycles. The molecule has 0 amide bonds. The summed E-state index contributed by atoms with van der Waals surface area (Å²) in [4.78, 5) is 24.0. The van der Waals surface area contributed by atoms with Crippen LogP contribution in [0.15, 0.2) is 41.1 Å². The minimum Gasteiger partial charge on any atom is -0.462 e. The van der Waals surface area contributed by atoms with Gasteiger partial charge in [0.15, 0.2) is 5.78 Å². The fourth-order valence-electron chi connectivity index (χ4n) is 1.62. The quantitative estimate of drug-likeness (QED) is 0.626. The molecule has 0 bridgehead atoms. The van der Waals surface area contributed by atoms with Gasteiger partial charge in [0.2, 0.25) is 0 Å². The van der Waals surface area contributed by atoms with Gasteiger partial charge in [-0.05, 0) is 24.4 Å². The number of benzene rings is 1. The van der Waals surface area contributed by atoms with Gasteiger partial charge in [-0.1, -0.05) is 18.2 Å². The first kappa shape index (κ1) is 12.5. The Morgan fingerprint density at radius 2 is 1.89 bits per heavy atom. The summed E-state index contributed by atoms with van der Waals surface area (Å²) in [6, 6.07) is 8.46. The highest BCUT2D eigenvalue weighted by Gasteiger charge is 2.18. The monoisotopic (exact) mass is 260 g/mol. The van der Waals surface area contributed by atoms with E-state index in [9.17, 15) is 9.59 Å². The molecule has 1 aromatic heterocycles. The molecule has 1 heterocycles. The molecule has 0 fully saturated rings. The molecule has 2 rings (SSSR count). The van der Waals surface area contributed by atoms with Crippen molar-refractivity contribution < 1.29 is 14.3 Å². The van der Waals surface area contributed by atoms with Gasteiger partial charge in [-0.15, -0.1) is 0 Å². The highest BCUT2D eigenvalue weighted by Crippen LogP contribution is 2.17. The molecule has 0 unspecified atom stereocenters. The summed E-state index contributed by atoms with van der Waals surface area (Å²) in [5, 5.41) is 3.60. The normalized spacial score (nSPS) is 10.1. The first-order chi connectivity index (χ1) is 8.74.